The maximum atomic E-state index is 11.7. The van der Waals surface area contributed by atoms with Crippen molar-refractivity contribution in [2.24, 2.45) is 4.99 Å². The first-order chi connectivity index (χ1) is 10.9. The minimum Gasteiger partial charge on any atom is -0.357 e. The number of benzene rings is 1. The quantitative estimate of drug-likeness (QED) is 0.593. The van der Waals surface area contributed by atoms with Gasteiger partial charge in [-0.3, -0.25) is 9.79 Å². The molecule has 0 saturated heterocycles. The molecule has 0 aliphatic rings. The van der Waals surface area contributed by atoms with Crippen LogP contribution in [0.1, 0.15) is 32.8 Å². The highest BCUT2D eigenvalue weighted by Gasteiger charge is 2.08. The summed E-state index contributed by atoms with van der Waals surface area (Å²) >= 11 is 6.02. The monoisotopic (exact) mass is 338 g/mol. The Hall–Kier alpha value is -1.75. The smallest absolute Gasteiger partial charge is 0.222 e. The van der Waals surface area contributed by atoms with Crippen LogP contribution in [-0.2, 0) is 11.3 Å². The summed E-state index contributed by atoms with van der Waals surface area (Å²) in [5.74, 6) is 0.807. The average molecular weight is 339 g/mol. The molecular weight excluding hydrogens is 312 g/mol. The fourth-order valence-electron chi connectivity index (χ4n) is 2.11. The van der Waals surface area contributed by atoms with Gasteiger partial charge in [0.2, 0.25) is 5.91 Å². The third-order valence-electron chi connectivity index (χ3n) is 3.06. The average Bonchev–Trinajstić information content (AvgIpc) is 2.45. The molecule has 128 valence electrons. The number of guanidine groups is 1. The van der Waals surface area contributed by atoms with Crippen molar-refractivity contribution in [3.05, 3.63) is 34.9 Å². The van der Waals surface area contributed by atoms with Crippen LogP contribution in [0.15, 0.2) is 29.3 Å². The lowest BCUT2D eigenvalue weighted by atomic mass is 10.2. The number of rotatable bonds is 7. The highest BCUT2D eigenvalue weighted by Crippen LogP contribution is 2.12. The number of carbonyl (C=O) groups excluding carboxylic acids is 1. The zero-order chi connectivity index (χ0) is 17.2. The van der Waals surface area contributed by atoms with Crippen LogP contribution in [0.25, 0.3) is 0 Å². The van der Waals surface area contributed by atoms with E-state index in [1.54, 1.807) is 0 Å². The summed E-state index contributed by atoms with van der Waals surface area (Å²) in [7, 11) is 1.97. The molecule has 5 nitrogen and oxygen atoms in total. The Morgan fingerprint density at radius 3 is 2.74 bits per heavy atom. The first kappa shape index (κ1) is 19.3. The molecule has 0 fully saturated rings. The standard InChI is InChI=1S/C17H27ClN4O/c1-5-19-17(20-10-9-16(23)21-13(2)3)22(4)12-14-7-6-8-15(18)11-14/h6-8,11,13H,5,9-10,12H2,1-4H3,(H,19,20)(H,21,23). The minimum absolute atomic E-state index is 0.0251. The van der Waals surface area contributed by atoms with E-state index in [1.165, 1.54) is 0 Å². The number of halogens is 1. The van der Waals surface area contributed by atoms with Gasteiger partial charge in [0.05, 0.1) is 6.54 Å². The van der Waals surface area contributed by atoms with Crippen LogP contribution >= 0.6 is 11.6 Å². The molecule has 0 aliphatic heterocycles. The van der Waals surface area contributed by atoms with E-state index in [0.717, 1.165) is 23.1 Å². The molecule has 6 heteroatoms. The Bertz CT molecular complexity index is 531. The molecule has 1 aromatic carbocycles. The first-order valence-corrected chi connectivity index (χ1v) is 8.33. The molecule has 1 amide bonds. The number of nitrogens with zero attached hydrogens (tertiary/aromatic N) is 2. The van der Waals surface area contributed by atoms with Gasteiger partial charge in [-0.2, -0.15) is 0 Å². The summed E-state index contributed by atoms with van der Waals surface area (Å²) in [6.07, 6.45) is 0.387. The molecule has 1 rings (SSSR count). The summed E-state index contributed by atoms with van der Waals surface area (Å²) in [5, 5.41) is 6.84. The topological polar surface area (TPSA) is 56.7 Å². The van der Waals surface area contributed by atoms with Crippen molar-refractivity contribution in [2.75, 3.05) is 20.1 Å². The number of carbonyl (C=O) groups is 1. The zero-order valence-electron chi connectivity index (χ0n) is 14.4. The second-order valence-electron chi connectivity index (χ2n) is 5.69. The third-order valence-corrected chi connectivity index (χ3v) is 3.29. The number of hydrogen-bond donors (Lipinski definition) is 2. The van der Waals surface area contributed by atoms with E-state index in [1.807, 2.05) is 57.0 Å². The number of nitrogens with one attached hydrogen (secondary N) is 2. The molecule has 2 N–H and O–H groups in total. The maximum Gasteiger partial charge on any atom is 0.222 e. The van der Waals surface area contributed by atoms with E-state index in [2.05, 4.69) is 15.6 Å². The molecule has 23 heavy (non-hydrogen) atoms. The van der Waals surface area contributed by atoms with Gasteiger partial charge in [0, 0.05) is 37.6 Å². The van der Waals surface area contributed by atoms with Crippen LogP contribution in [0.5, 0.6) is 0 Å². The summed E-state index contributed by atoms with van der Waals surface area (Å²) < 4.78 is 0. The zero-order valence-corrected chi connectivity index (χ0v) is 15.2. The fraction of sp³-hybridized carbons (Fsp3) is 0.529. The predicted molar refractivity (Wildman–Crippen MR) is 96.8 cm³/mol. The second kappa shape index (κ2) is 10.1. The number of hydrogen-bond acceptors (Lipinski definition) is 2. The molecule has 1 aromatic rings. The van der Waals surface area contributed by atoms with Gasteiger partial charge in [0.15, 0.2) is 5.96 Å². The fourth-order valence-corrected chi connectivity index (χ4v) is 2.32. The van der Waals surface area contributed by atoms with Gasteiger partial charge in [-0.25, -0.2) is 0 Å². The summed E-state index contributed by atoms with van der Waals surface area (Å²) in [5.41, 5.74) is 1.11. The Kier molecular flexibility index (Phi) is 8.48. The summed E-state index contributed by atoms with van der Waals surface area (Å²) in [6, 6.07) is 7.92. The van der Waals surface area contributed by atoms with Gasteiger partial charge in [0.25, 0.3) is 0 Å². The van der Waals surface area contributed by atoms with Crippen molar-refractivity contribution in [1.82, 2.24) is 15.5 Å². The van der Waals surface area contributed by atoms with E-state index >= 15 is 0 Å². The molecule has 0 atom stereocenters. The third kappa shape index (κ3) is 7.88. The lowest BCUT2D eigenvalue weighted by molar-refractivity contribution is -0.121. The second-order valence-corrected chi connectivity index (χ2v) is 6.13. The normalized spacial score (nSPS) is 11.5. The highest BCUT2D eigenvalue weighted by atomic mass is 35.5. The molecule has 0 aliphatic carbocycles. The van der Waals surface area contributed by atoms with Crippen molar-refractivity contribution in [2.45, 2.75) is 39.8 Å². The van der Waals surface area contributed by atoms with Crippen LogP contribution in [0, 0.1) is 0 Å². The van der Waals surface area contributed by atoms with Crippen molar-refractivity contribution in [3.63, 3.8) is 0 Å². The van der Waals surface area contributed by atoms with Crippen molar-refractivity contribution in [1.29, 1.82) is 0 Å². The molecule has 0 spiro atoms. The highest BCUT2D eigenvalue weighted by molar-refractivity contribution is 6.30. The summed E-state index contributed by atoms with van der Waals surface area (Å²) in [6.45, 7) is 7.85. The molecule has 0 radical (unpaired) electrons. The van der Waals surface area contributed by atoms with Gasteiger partial charge >= 0.3 is 0 Å². The number of aliphatic imine (C=N–C) groups is 1. The van der Waals surface area contributed by atoms with Crippen LogP contribution in [-0.4, -0.2) is 42.9 Å². The molecular formula is C17H27ClN4O. The van der Waals surface area contributed by atoms with Gasteiger partial charge in [-0.05, 0) is 38.5 Å². The Morgan fingerprint density at radius 1 is 1.39 bits per heavy atom. The van der Waals surface area contributed by atoms with Crippen LogP contribution in [0.4, 0.5) is 0 Å². The van der Waals surface area contributed by atoms with Gasteiger partial charge in [-0.15, -0.1) is 0 Å². The van der Waals surface area contributed by atoms with E-state index in [4.69, 9.17) is 11.6 Å². The van der Waals surface area contributed by atoms with Gasteiger partial charge < -0.3 is 15.5 Å². The Balaban J connectivity index is 2.61. The first-order valence-electron chi connectivity index (χ1n) is 7.95. The molecule has 0 aromatic heterocycles. The molecule has 0 bridgehead atoms. The Morgan fingerprint density at radius 2 is 2.13 bits per heavy atom. The molecule has 0 heterocycles. The minimum atomic E-state index is 0.0251. The van der Waals surface area contributed by atoms with Crippen LogP contribution < -0.4 is 10.6 Å². The van der Waals surface area contributed by atoms with Crippen LogP contribution in [0.2, 0.25) is 5.02 Å². The van der Waals surface area contributed by atoms with E-state index in [0.29, 0.717) is 19.5 Å². The summed E-state index contributed by atoms with van der Waals surface area (Å²) in [4.78, 5) is 18.2. The SMILES string of the molecule is CCNC(=NCCC(=O)NC(C)C)N(C)Cc1cccc(Cl)c1. The largest absolute Gasteiger partial charge is 0.357 e. The lowest BCUT2D eigenvalue weighted by Crippen LogP contribution is -2.38. The van der Waals surface area contributed by atoms with Crippen molar-refractivity contribution in [3.8, 4) is 0 Å². The molecule has 0 saturated carbocycles. The lowest BCUT2D eigenvalue weighted by Gasteiger charge is -2.22. The predicted octanol–water partition coefficient (Wildman–Crippen LogP) is 2.65. The Labute approximate surface area is 144 Å². The van der Waals surface area contributed by atoms with E-state index in [-0.39, 0.29) is 11.9 Å². The van der Waals surface area contributed by atoms with Crippen LogP contribution in [0.3, 0.4) is 0 Å². The van der Waals surface area contributed by atoms with E-state index in [9.17, 15) is 4.79 Å². The van der Waals surface area contributed by atoms with Gasteiger partial charge in [0.1, 0.15) is 0 Å². The number of amides is 1. The van der Waals surface area contributed by atoms with Gasteiger partial charge in [-0.1, -0.05) is 23.7 Å². The molecule has 0 unspecified atom stereocenters. The van der Waals surface area contributed by atoms with E-state index < -0.39 is 0 Å². The maximum absolute atomic E-state index is 11.7. The van der Waals surface area contributed by atoms with Crippen molar-refractivity contribution >= 4 is 23.5 Å². The van der Waals surface area contributed by atoms with Crippen molar-refractivity contribution < 1.29 is 4.79 Å².